The number of nitrogens with two attached hydrogens (primary N) is 1. The zero-order valence-corrected chi connectivity index (χ0v) is 21.2. The summed E-state index contributed by atoms with van der Waals surface area (Å²) in [5.74, 6) is 0. The van der Waals surface area contributed by atoms with Gasteiger partial charge in [-0.05, 0) is 72.2 Å². The topological polar surface area (TPSA) is 100 Å². The molecule has 1 aliphatic rings. The number of carbonyl (C=O) groups excluding carboxylic acids is 2. The van der Waals surface area contributed by atoms with Gasteiger partial charge in [0.2, 0.25) is 0 Å². The summed E-state index contributed by atoms with van der Waals surface area (Å²) >= 11 is 0. The lowest BCUT2D eigenvalue weighted by Gasteiger charge is -2.42. The lowest BCUT2D eigenvalue weighted by molar-refractivity contribution is 0.0122. The number of piperidine rings is 1. The zero-order valence-electron chi connectivity index (χ0n) is 21.2. The molecule has 1 aromatic heterocycles. The first-order valence-corrected chi connectivity index (χ1v) is 11.4. The van der Waals surface area contributed by atoms with Gasteiger partial charge in [-0.1, -0.05) is 32.1 Å². The van der Waals surface area contributed by atoms with E-state index >= 15 is 0 Å². The number of carbonyl (C=O) groups is 2. The number of rotatable bonds is 5. The summed E-state index contributed by atoms with van der Waals surface area (Å²) in [5.41, 5.74) is 7.83. The average Bonchev–Trinajstić information content (AvgIpc) is 3.16. The van der Waals surface area contributed by atoms with Gasteiger partial charge in [-0.2, -0.15) is 0 Å². The minimum absolute atomic E-state index is 0.158. The molecule has 1 amide bonds. The van der Waals surface area contributed by atoms with Crippen molar-refractivity contribution in [1.29, 1.82) is 0 Å². The first-order chi connectivity index (χ1) is 15.1. The van der Waals surface area contributed by atoms with E-state index in [1.54, 1.807) is 4.90 Å². The Kier molecular flexibility index (Phi) is 13.5. The monoisotopic (exact) mass is 448 g/mol. The third-order valence-corrected chi connectivity index (χ3v) is 4.86. The Labute approximate surface area is 194 Å². The highest BCUT2D eigenvalue weighted by molar-refractivity contribution is 5.77. The van der Waals surface area contributed by atoms with Gasteiger partial charge in [0.25, 0.3) is 0 Å². The van der Waals surface area contributed by atoms with Crippen molar-refractivity contribution in [3.05, 3.63) is 35.2 Å². The Morgan fingerprint density at radius 2 is 1.91 bits per heavy atom. The lowest BCUT2D eigenvalue weighted by Crippen LogP contribution is -2.61. The highest BCUT2D eigenvalue weighted by Crippen LogP contribution is 2.22. The fourth-order valence-corrected chi connectivity index (χ4v) is 3.28. The largest absolute Gasteiger partial charge is 0.444 e. The number of nitrogens with zero attached hydrogens (tertiary/aromatic N) is 1. The van der Waals surface area contributed by atoms with Crippen molar-refractivity contribution in [3.8, 4) is 0 Å². The summed E-state index contributed by atoms with van der Waals surface area (Å²) in [5, 5.41) is 3.24. The molecule has 1 fully saturated rings. The van der Waals surface area contributed by atoms with E-state index in [1.807, 2.05) is 85.9 Å². The molecule has 1 atom stereocenters. The van der Waals surface area contributed by atoms with E-state index in [-0.39, 0.29) is 11.6 Å². The number of hydrogen-bond donors (Lipinski definition) is 3. The van der Waals surface area contributed by atoms with Crippen LogP contribution in [0.1, 0.15) is 83.1 Å². The first kappa shape index (κ1) is 29.6. The van der Waals surface area contributed by atoms with Crippen LogP contribution in [0.3, 0.4) is 0 Å². The van der Waals surface area contributed by atoms with E-state index in [1.165, 1.54) is 0 Å². The minimum Gasteiger partial charge on any atom is -0.444 e. The molecule has 0 radical (unpaired) electrons. The summed E-state index contributed by atoms with van der Waals surface area (Å²) in [6, 6.07) is 1.84. The number of aldehydes is 1. The highest BCUT2D eigenvalue weighted by atomic mass is 16.6. The minimum atomic E-state index is -0.445. The summed E-state index contributed by atoms with van der Waals surface area (Å²) in [6.07, 6.45) is 10.3. The second-order valence-corrected chi connectivity index (χ2v) is 8.45. The molecular weight excluding hydrogens is 404 g/mol. The van der Waals surface area contributed by atoms with E-state index < -0.39 is 5.60 Å². The molecule has 0 bridgehead atoms. The standard InChI is InChI=1S/C12H25N3O2.C11H13NO.C2H6/c1-11(2,3)17-10(16)15-7-5-6-12(8-13,9-15)14-4;1-3-5-9-7-10(8-13)12-11(9)6-4-2;1-2/h14H,5-9,13H2,1-4H3;3-8,12H,1-2H3;1-2H3/b;5-3-,6-4-;. The maximum atomic E-state index is 12.0. The van der Waals surface area contributed by atoms with Gasteiger partial charge in [0, 0.05) is 30.9 Å². The molecule has 7 nitrogen and oxygen atoms in total. The summed E-state index contributed by atoms with van der Waals surface area (Å²) in [4.78, 5) is 27.2. The number of aromatic nitrogens is 1. The Bertz CT molecular complexity index is 711. The molecule has 1 aliphatic heterocycles. The van der Waals surface area contributed by atoms with E-state index in [0.717, 1.165) is 36.9 Å². The van der Waals surface area contributed by atoms with Crippen LogP contribution in [-0.4, -0.2) is 60.1 Å². The van der Waals surface area contributed by atoms with Crippen LogP contribution in [0.5, 0.6) is 0 Å². The molecule has 32 heavy (non-hydrogen) atoms. The van der Waals surface area contributed by atoms with Crippen LogP contribution < -0.4 is 11.1 Å². The van der Waals surface area contributed by atoms with Crippen LogP contribution in [0.4, 0.5) is 4.79 Å². The van der Waals surface area contributed by atoms with Crippen LogP contribution in [-0.2, 0) is 4.74 Å². The van der Waals surface area contributed by atoms with Crippen LogP contribution in [0.2, 0.25) is 0 Å². The molecule has 2 rings (SSSR count). The molecule has 7 heteroatoms. The van der Waals surface area contributed by atoms with Crippen LogP contribution >= 0.6 is 0 Å². The number of aromatic amines is 1. The number of amides is 1. The van der Waals surface area contributed by atoms with Gasteiger partial charge in [0.1, 0.15) is 5.60 Å². The Morgan fingerprint density at radius 1 is 1.28 bits per heavy atom. The van der Waals surface area contributed by atoms with Gasteiger partial charge in [-0.15, -0.1) is 0 Å². The quantitative estimate of drug-likeness (QED) is 0.559. The van der Waals surface area contributed by atoms with Crippen molar-refractivity contribution in [2.75, 3.05) is 26.7 Å². The van der Waals surface area contributed by atoms with Crippen LogP contribution in [0.15, 0.2) is 18.2 Å². The van der Waals surface area contributed by atoms with E-state index in [2.05, 4.69) is 10.3 Å². The van der Waals surface area contributed by atoms with E-state index in [9.17, 15) is 9.59 Å². The first-order valence-electron chi connectivity index (χ1n) is 11.4. The SMILES string of the molecule is C/C=C\c1cc(C=O)[nH]c1/C=C\C.CC.CNC1(CN)CCCN(C(=O)OC(C)(C)C)C1. The highest BCUT2D eigenvalue weighted by Gasteiger charge is 2.36. The molecule has 1 unspecified atom stereocenters. The number of allylic oxidation sites excluding steroid dienone is 2. The molecule has 0 aliphatic carbocycles. The second kappa shape index (κ2) is 14.6. The predicted octanol–water partition coefficient (Wildman–Crippen LogP) is 4.85. The molecule has 0 aromatic carbocycles. The number of H-pyrrole nitrogens is 1. The molecule has 4 N–H and O–H groups in total. The van der Waals surface area contributed by atoms with Crippen molar-refractivity contribution in [3.63, 3.8) is 0 Å². The normalized spacial score (nSPS) is 18.6. The summed E-state index contributed by atoms with van der Waals surface area (Å²) < 4.78 is 5.38. The van der Waals surface area contributed by atoms with Crippen molar-refractivity contribution < 1.29 is 14.3 Å². The molecule has 1 aromatic rings. The van der Waals surface area contributed by atoms with Crippen LogP contribution in [0, 0.1) is 0 Å². The summed E-state index contributed by atoms with van der Waals surface area (Å²) in [7, 11) is 1.89. The second-order valence-electron chi connectivity index (χ2n) is 8.45. The molecule has 1 saturated heterocycles. The molecule has 2 heterocycles. The van der Waals surface area contributed by atoms with E-state index in [0.29, 0.717) is 18.8 Å². The van der Waals surface area contributed by atoms with Crippen molar-refractivity contribution in [2.45, 2.75) is 72.4 Å². The molecular formula is C25H44N4O3. The zero-order chi connectivity index (χ0) is 24.8. The lowest BCUT2D eigenvalue weighted by atomic mass is 9.89. The van der Waals surface area contributed by atoms with Gasteiger partial charge in [-0.3, -0.25) is 4.79 Å². The average molecular weight is 449 g/mol. The molecule has 0 saturated carbocycles. The fraction of sp³-hybridized carbons (Fsp3) is 0.600. The summed E-state index contributed by atoms with van der Waals surface area (Å²) in [6.45, 7) is 15.4. The fourth-order valence-electron chi connectivity index (χ4n) is 3.28. The predicted molar refractivity (Wildman–Crippen MR) is 135 cm³/mol. The maximum Gasteiger partial charge on any atom is 0.410 e. The third-order valence-electron chi connectivity index (χ3n) is 4.86. The number of likely N-dealkylation sites (tertiary alicyclic amines) is 1. The number of nitrogens with one attached hydrogen (secondary N) is 2. The number of likely N-dealkylation sites (N-methyl/N-ethyl adjacent to an activating group) is 1. The number of hydrogen-bond acceptors (Lipinski definition) is 5. The van der Waals surface area contributed by atoms with Gasteiger partial charge < -0.3 is 25.7 Å². The maximum absolute atomic E-state index is 12.0. The van der Waals surface area contributed by atoms with Crippen LogP contribution in [0.25, 0.3) is 12.2 Å². The van der Waals surface area contributed by atoms with Gasteiger partial charge in [0.15, 0.2) is 6.29 Å². The Morgan fingerprint density at radius 3 is 2.38 bits per heavy atom. The smallest absolute Gasteiger partial charge is 0.410 e. The molecule has 0 spiro atoms. The Balaban J connectivity index is 0.000000574. The number of ether oxygens (including phenoxy) is 1. The van der Waals surface area contributed by atoms with Gasteiger partial charge >= 0.3 is 6.09 Å². The van der Waals surface area contributed by atoms with Gasteiger partial charge in [0.05, 0.1) is 5.69 Å². The Hall–Kier alpha value is -2.38. The van der Waals surface area contributed by atoms with E-state index in [4.69, 9.17) is 10.5 Å². The van der Waals surface area contributed by atoms with Crippen molar-refractivity contribution >= 4 is 24.5 Å². The van der Waals surface area contributed by atoms with Crippen molar-refractivity contribution in [1.82, 2.24) is 15.2 Å². The van der Waals surface area contributed by atoms with Gasteiger partial charge in [-0.25, -0.2) is 4.79 Å². The van der Waals surface area contributed by atoms with Crippen molar-refractivity contribution in [2.24, 2.45) is 5.73 Å². The third kappa shape index (κ3) is 9.83. The molecule has 182 valence electrons.